The van der Waals surface area contributed by atoms with Gasteiger partial charge in [-0.25, -0.2) is 4.98 Å². The smallest absolute Gasteiger partial charge is 0.195 e. The van der Waals surface area contributed by atoms with Crippen LogP contribution in [-0.2, 0) is 0 Å². The fourth-order valence-electron chi connectivity index (χ4n) is 2.40. The fourth-order valence-corrected chi connectivity index (χ4v) is 2.40. The number of H-pyrrole nitrogens is 1. The van der Waals surface area contributed by atoms with E-state index in [1.165, 1.54) is 0 Å². The summed E-state index contributed by atoms with van der Waals surface area (Å²) in [5.41, 5.74) is 10.5. The lowest BCUT2D eigenvalue weighted by Gasteiger charge is -2.08. The number of rotatable bonds is 2. The minimum atomic E-state index is -0.0338. The van der Waals surface area contributed by atoms with Crippen LogP contribution in [0, 0.1) is 13.8 Å². The van der Waals surface area contributed by atoms with E-state index < -0.39 is 0 Å². The molecule has 3 rings (SSSR count). The van der Waals surface area contributed by atoms with Crippen molar-refractivity contribution < 1.29 is 4.79 Å². The molecule has 2 heterocycles. The maximum Gasteiger partial charge on any atom is 0.195 e. The Morgan fingerprint density at radius 2 is 2.00 bits per heavy atom. The molecule has 4 heteroatoms. The number of pyridine rings is 1. The van der Waals surface area contributed by atoms with Crippen LogP contribution in [0.15, 0.2) is 36.7 Å². The summed E-state index contributed by atoms with van der Waals surface area (Å²) in [6.07, 6.45) is 3.40. The first-order valence-electron chi connectivity index (χ1n) is 6.41. The Hall–Kier alpha value is -2.62. The number of aromatic nitrogens is 2. The first kappa shape index (κ1) is 12.4. The van der Waals surface area contributed by atoms with Gasteiger partial charge in [0, 0.05) is 34.6 Å². The monoisotopic (exact) mass is 265 g/mol. The van der Waals surface area contributed by atoms with Gasteiger partial charge in [0.25, 0.3) is 0 Å². The van der Waals surface area contributed by atoms with Crippen molar-refractivity contribution in [3.05, 3.63) is 58.9 Å². The standard InChI is InChI=1S/C16H15N3O/c1-9-6-10(2)14(17)7-12(9)15(20)13-8-19-16-11(13)4-3-5-18-16/h3-8H,17H2,1-2H3,(H,18,19). The average Bonchev–Trinajstić information content (AvgIpc) is 2.86. The zero-order valence-corrected chi connectivity index (χ0v) is 11.4. The molecule has 0 saturated heterocycles. The highest BCUT2D eigenvalue weighted by atomic mass is 16.1. The molecule has 0 aliphatic carbocycles. The number of nitrogen functional groups attached to an aromatic ring is 1. The van der Waals surface area contributed by atoms with Crippen LogP contribution in [0.2, 0.25) is 0 Å². The summed E-state index contributed by atoms with van der Waals surface area (Å²) in [4.78, 5) is 19.9. The lowest BCUT2D eigenvalue weighted by molar-refractivity contribution is 0.104. The third-order valence-electron chi connectivity index (χ3n) is 3.55. The predicted molar refractivity (Wildman–Crippen MR) is 79.9 cm³/mol. The van der Waals surface area contributed by atoms with Crippen LogP contribution in [0.4, 0.5) is 5.69 Å². The minimum absolute atomic E-state index is 0.0338. The molecule has 0 amide bonds. The van der Waals surface area contributed by atoms with Gasteiger partial charge in [-0.3, -0.25) is 4.79 Å². The second kappa shape index (κ2) is 4.49. The van der Waals surface area contributed by atoms with Crippen LogP contribution in [0.25, 0.3) is 11.0 Å². The minimum Gasteiger partial charge on any atom is -0.398 e. The van der Waals surface area contributed by atoms with Gasteiger partial charge in [0.15, 0.2) is 5.78 Å². The third-order valence-corrected chi connectivity index (χ3v) is 3.55. The Morgan fingerprint density at radius 1 is 1.20 bits per heavy atom. The van der Waals surface area contributed by atoms with Gasteiger partial charge in [-0.15, -0.1) is 0 Å². The SMILES string of the molecule is Cc1cc(C)c(C(=O)c2c[nH]c3ncccc23)cc1N. The Kier molecular flexibility index (Phi) is 2.79. The summed E-state index contributed by atoms with van der Waals surface area (Å²) in [6, 6.07) is 7.40. The van der Waals surface area contributed by atoms with Gasteiger partial charge in [-0.2, -0.15) is 0 Å². The third kappa shape index (κ3) is 1.86. The van der Waals surface area contributed by atoms with E-state index in [1.54, 1.807) is 18.5 Å². The van der Waals surface area contributed by atoms with Gasteiger partial charge in [-0.05, 0) is 43.2 Å². The van der Waals surface area contributed by atoms with E-state index in [0.717, 1.165) is 16.5 Å². The van der Waals surface area contributed by atoms with E-state index in [0.29, 0.717) is 22.5 Å². The van der Waals surface area contributed by atoms with E-state index in [1.807, 2.05) is 32.0 Å². The molecule has 0 unspecified atom stereocenters. The van der Waals surface area contributed by atoms with E-state index in [-0.39, 0.29) is 5.78 Å². The largest absolute Gasteiger partial charge is 0.398 e. The summed E-state index contributed by atoms with van der Waals surface area (Å²) >= 11 is 0. The molecule has 20 heavy (non-hydrogen) atoms. The van der Waals surface area contributed by atoms with Crippen LogP contribution in [0.1, 0.15) is 27.0 Å². The number of carbonyl (C=O) groups excluding carboxylic acids is 1. The molecule has 2 aromatic heterocycles. The molecule has 3 N–H and O–H groups in total. The van der Waals surface area contributed by atoms with Crippen LogP contribution in [0.5, 0.6) is 0 Å². The average molecular weight is 265 g/mol. The number of ketones is 1. The number of nitrogens with one attached hydrogen (secondary N) is 1. The summed E-state index contributed by atoms with van der Waals surface area (Å²) in [5, 5.41) is 0.830. The van der Waals surface area contributed by atoms with E-state index in [4.69, 9.17) is 5.73 Å². The molecule has 100 valence electrons. The Balaban J connectivity index is 2.16. The molecule has 3 aromatic rings. The van der Waals surface area contributed by atoms with Crippen LogP contribution in [0.3, 0.4) is 0 Å². The van der Waals surface area contributed by atoms with Gasteiger partial charge < -0.3 is 10.7 Å². The number of aryl methyl sites for hydroxylation is 2. The zero-order chi connectivity index (χ0) is 14.3. The number of fused-ring (bicyclic) bond motifs is 1. The highest BCUT2D eigenvalue weighted by molar-refractivity contribution is 6.16. The molecular formula is C16H15N3O. The summed E-state index contributed by atoms with van der Waals surface area (Å²) in [5.74, 6) is -0.0338. The van der Waals surface area contributed by atoms with E-state index >= 15 is 0 Å². The van der Waals surface area contributed by atoms with Gasteiger partial charge in [0.05, 0.1) is 0 Å². The Morgan fingerprint density at radius 3 is 2.80 bits per heavy atom. The number of anilines is 1. The fraction of sp³-hybridized carbons (Fsp3) is 0.125. The second-order valence-electron chi connectivity index (χ2n) is 4.95. The first-order valence-corrected chi connectivity index (χ1v) is 6.41. The van der Waals surface area contributed by atoms with Crippen molar-refractivity contribution in [3.8, 4) is 0 Å². The highest BCUT2D eigenvalue weighted by Gasteiger charge is 2.17. The summed E-state index contributed by atoms with van der Waals surface area (Å²) < 4.78 is 0. The van der Waals surface area contributed by atoms with Crippen molar-refractivity contribution in [2.24, 2.45) is 0 Å². The predicted octanol–water partition coefficient (Wildman–Crippen LogP) is 2.99. The number of carbonyl (C=O) groups is 1. The molecule has 0 fully saturated rings. The number of aromatic amines is 1. The Bertz CT molecular complexity index is 818. The zero-order valence-electron chi connectivity index (χ0n) is 11.4. The van der Waals surface area contributed by atoms with Crippen molar-refractivity contribution >= 4 is 22.5 Å². The quantitative estimate of drug-likeness (QED) is 0.552. The lowest BCUT2D eigenvalue weighted by atomic mass is 9.96. The molecule has 0 atom stereocenters. The molecule has 0 saturated carbocycles. The summed E-state index contributed by atoms with van der Waals surface area (Å²) in [6.45, 7) is 3.86. The van der Waals surface area contributed by atoms with Crippen LogP contribution in [-0.4, -0.2) is 15.8 Å². The lowest BCUT2D eigenvalue weighted by Crippen LogP contribution is -2.05. The molecule has 4 nitrogen and oxygen atoms in total. The molecular weight excluding hydrogens is 250 g/mol. The van der Waals surface area contributed by atoms with E-state index in [2.05, 4.69) is 9.97 Å². The molecule has 0 aliphatic heterocycles. The van der Waals surface area contributed by atoms with Crippen molar-refractivity contribution in [2.75, 3.05) is 5.73 Å². The highest BCUT2D eigenvalue weighted by Crippen LogP contribution is 2.24. The van der Waals surface area contributed by atoms with Gasteiger partial charge in [0.1, 0.15) is 5.65 Å². The Labute approximate surface area is 116 Å². The number of benzene rings is 1. The van der Waals surface area contributed by atoms with Crippen molar-refractivity contribution in [2.45, 2.75) is 13.8 Å². The number of nitrogens with zero attached hydrogens (tertiary/aromatic N) is 1. The normalized spacial score (nSPS) is 10.9. The maximum absolute atomic E-state index is 12.7. The van der Waals surface area contributed by atoms with E-state index in [9.17, 15) is 4.79 Å². The maximum atomic E-state index is 12.7. The summed E-state index contributed by atoms with van der Waals surface area (Å²) in [7, 11) is 0. The van der Waals surface area contributed by atoms with Crippen molar-refractivity contribution in [1.29, 1.82) is 0 Å². The number of hydrogen-bond acceptors (Lipinski definition) is 3. The van der Waals surface area contributed by atoms with Crippen molar-refractivity contribution in [1.82, 2.24) is 9.97 Å². The molecule has 0 spiro atoms. The topological polar surface area (TPSA) is 71.8 Å². The molecule has 0 radical (unpaired) electrons. The van der Waals surface area contributed by atoms with Crippen molar-refractivity contribution in [3.63, 3.8) is 0 Å². The molecule has 0 bridgehead atoms. The van der Waals surface area contributed by atoms with Gasteiger partial charge in [0.2, 0.25) is 0 Å². The van der Waals surface area contributed by atoms with Crippen LogP contribution >= 0.6 is 0 Å². The number of hydrogen-bond donors (Lipinski definition) is 2. The van der Waals surface area contributed by atoms with Crippen LogP contribution < -0.4 is 5.73 Å². The van der Waals surface area contributed by atoms with Gasteiger partial charge >= 0.3 is 0 Å². The first-order chi connectivity index (χ1) is 9.58. The van der Waals surface area contributed by atoms with Gasteiger partial charge in [-0.1, -0.05) is 6.07 Å². The molecule has 1 aromatic carbocycles. The second-order valence-corrected chi connectivity index (χ2v) is 4.95. The number of nitrogens with two attached hydrogens (primary N) is 1. The molecule has 0 aliphatic rings.